The Hall–Kier alpha value is -9.12. The molecule has 4 heterocycles. The second kappa shape index (κ2) is 14.5. The molecule has 0 atom stereocenters. The van der Waals surface area contributed by atoms with Crippen molar-refractivity contribution in [1.82, 2.24) is 24.1 Å². The summed E-state index contributed by atoms with van der Waals surface area (Å²) in [6, 6.07) is 73.2. The van der Waals surface area contributed by atoms with Crippen molar-refractivity contribution in [3.63, 3.8) is 0 Å². The summed E-state index contributed by atoms with van der Waals surface area (Å²) in [6.45, 7) is 0. The first-order valence-corrected chi connectivity index (χ1v) is 21.6. The third-order valence-corrected chi connectivity index (χ3v) is 12.6. The molecule has 0 aliphatic heterocycles. The topological polar surface area (TPSA) is 85.5 Å². The van der Waals surface area contributed by atoms with E-state index in [-0.39, 0.29) is 0 Å². The lowest BCUT2D eigenvalue weighted by Gasteiger charge is -2.16. The molecule has 0 bridgehead atoms. The molecule has 0 fully saturated rings. The first-order chi connectivity index (χ1) is 32.2. The van der Waals surface area contributed by atoms with Crippen molar-refractivity contribution >= 4 is 65.6 Å². The zero-order valence-corrected chi connectivity index (χ0v) is 34.7. The Labute approximate surface area is 372 Å². The number of fused-ring (bicyclic) bond motifs is 10. The lowest BCUT2D eigenvalue weighted by atomic mass is 10.0. The zero-order chi connectivity index (χ0) is 43.0. The van der Waals surface area contributed by atoms with Crippen LogP contribution >= 0.6 is 0 Å². The first kappa shape index (κ1) is 36.5. The zero-order valence-electron chi connectivity index (χ0n) is 34.7. The van der Waals surface area contributed by atoms with Crippen molar-refractivity contribution in [2.45, 2.75) is 0 Å². The lowest BCUT2D eigenvalue weighted by molar-refractivity contribution is 0.669. The molecule has 0 amide bonds. The summed E-state index contributed by atoms with van der Waals surface area (Å²) in [5.41, 5.74) is 12.8. The molecule has 0 saturated heterocycles. The van der Waals surface area contributed by atoms with Crippen molar-refractivity contribution in [2.75, 3.05) is 0 Å². The molecule has 65 heavy (non-hydrogen) atoms. The van der Waals surface area contributed by atoms with E-state index in [0.717, 1.165) is 99.2 Å². The molecule has 9 aromatic carbocycles. The smallest absolute Gasteiger partial charge is 0.166 e. The average molecular weight is 831 g/mol. The number of nitrogens with zero attached hydrogens (tertiary/aromatic N) is 6. The molecule has 7 nitrogen and oxygen atoms in total. The van der Waals surface area contributed by atoms with Crippen molar-refractivity contribution in [1.29, 1.82) is 5.26 Å². The molecule has 4 aromatic heterocycles. The largest absolute Gasteiger partial charge is 0.456 e. The van der Waals surface area contributed by atoms with Crippen LogP contribution in [0.15, 0.2) is 211 Å². The van der Waals surface area contributed by atoms with E-state index in [4.69, 9.17) is 19.4 Å². The summed E-state index contributed by atoms with van der Waals surface area (Å²) in [5.74, 6) is 1.47. The van der Waals surface area contributed by atoms with Crippen LogP contribution in [0.1, 0.15) is 5.56 Å². The number of rotatable bonds is 6. The monoisotopic (exact) mass is 830 g/mol. The molecule has 0 saturated carbocycles. The van der Waals surface area contributed by atoms with E-state index in [9.17, 15) is 5.26 Å². The van der Waals surface area contributed by atoms with Gasteiger partial charge in [0, 0.05) is 54.7 Å². The van der Waals surface area contributed by atoms with Gasteiger partial charge in [0.15, 0.2) is 17.5 Å². The maximum absolute atomic E-state index is 10.5. The molecule has 13 aromatic rings. The van der Waals surface area contributed by atoms with Crippen molar-refractivity contribution in [3.8, 4) is 62.7 Å². The van der Waals surface area contributed by atoms with E-state index in [1.807, 2.05) is 78.9 Å². The van der Waals surface area contributed by atoms with E-state index in [0.29, 0.717) is 28.6 Å². The summed E-state index contributed by atoms with van der Waals surface area (Å²) in [6.07, 6.45) is 0. The van der Waals surface area contributed by atoms with Gasteiger partial charge in [0.1, 0.15) is 11.2 Å². The highest BCUT2D eigenvalue weighted by molar-refractivity contribution is 6.26. The molecule has 0 aliphatic carbocycles. The molecule has 7 heteroatoms. The fourth-order valence-corrected chi connectivity index (χ4v) is 9.68. The van der Waals surface area contributed by atoms with Crippen LogP contribution in [0.2, 0.25) is 0 Å². The molecule has 0 spiro atoms. The summed E-state index contributed by atoms with van der Waals surface area (Å²) in [4.78, 5) is 15.9. The van der Waals surface area contributed by atoms with Crippen LogP contribution in [0, 0.1) is 11.3 Å². The van der Waals surface area contributed by atoms with E-state index < -0.39 is 0 Å². The predicted octanol–water partition coefficient (Wildman–Crippen LogP) is 14.5. The molecule has 13 rings (SSSR count). The number of para-hydroxylation sites is 4. The molecule has 0 N–H and O–H groups in total. The summed E-state index contributed by atoms with van der Waals surface area (Å²) >= 11 is 0. The SMILES string of the molecule is N#Cc1ccc(-n2c3ccccc3c3ccc4c(c5ccccc5n4-c4ccccc4)c32)c(-c2nc(-c3cccc(-c4ccccc4)c3)nc(-c3ccc4oc5ccccc5c4c3)n2)c1. The third kappa shape index (κ3) is 5.78. The lowest BCUT2D eigenvalue weighted by Crippen LogP contribution is -2.04. The number of aromatic nitrogens is 5. The summed E-state index contributed by atoms with van der Waals surface area (Å²) < 4.78 is 10.9. The normalized spacial score (nSPS) is 11.7. The number of furan rings is 1. The Bertz CT molecular complexity index is 4080. The van der Waals surface area contributed by atoms with Gasteiger partial charge < -0.3 is 13.6 Å². The summed E-state index contributed by atoms with van der Waals surface area (Å²) in [5, 5.41) is 17.0. The van der Waals surface area contributed by atoms with Crippen LogP contribution in [-0.4, -0.2) is 24.1 Å². The second-order valence-corrected chi connectivity index (χ2v) is 16.3. The van der Waals surface area contributed by atoms with Crippen molar-refractivity contribution < 1.29 is 4.42 Å². The van der Waals surface area contributed by atoms with Crippen LogP contribution in [0.3, 0.4) is 0 Å². The van der Waals surface area contributed by atoms with Crippen molar-refractivity contribution in [2.24, 2.45) is 0 Å². The van der Waals surface area contributed by atoms with Gasteiger partial charge in [-0.05, 0) is 90.0 Å². The first-order valence-electron chi connectivity index (χ1n) is 21.6. The minimum atomic E-state index is 0.448. The van der Waals surface area contributed by atoms with E-state index in [1.54, 1.807) is 0 Å². The maximum Gasteiger partial charge on any atom is 0.166 e. The predicted molar refractivity (Wildman–Crippen MR) is 262 cm³/mol. The molecular formula is C58H34N6O. The van der Waals surface area contributed by atoms with Crippen LogP contribution in [0.25, 0.3) is 122 Å². The number of hydrogen-bond donors (Lipinski definition) is 0. The highest BCUT2D eigenvalue weighted by Crippen LogP contribution is 2.44. The van der Waals surface area contributed by atoms with Gasteiger partial charge in [0.25, 0.3) is 0 Å². The fraction of sp³-hybridized carbons (Fsp3) is 0. The average Bonchev–Trinajstić information content (AvgIpc) is 4.04. The Morgan fingerprint density at radius 1 is 0.400 bits per heavy atom. The highest BCUT2D eigenvalue weighted by Gasteiger charge is 2.24. The Morgan fingerprint density at radius 2 is 1.03 bits per heavy atom. The second-order valence-electron chi connectivity index (χ2n) is 16.3. The van der Waals surface area contributed by atoms with Gasteiger partial charge in [0.05, 0.1) is 39.4 Å². The van der Waals surface area contributed by atoms with Crippen molar-refractivity contribution in [3.05, 3.63) is 212 Å². The highest BCUT2D eigenvalue weighted by atomic mass is 16.3. The quantitative estimate of drug-likeness (QED) is 0.167. The van der Waals surface area contributed by atoms with E-state index in [2.05, 4.69) is 143 Å². The Balaban J connectivity index is 1.11. The molecule has 302 valence electrons. The number of hydrogen-bond acceptors (Lipinski definition) is 5. The molecule has 0 unspecified atom stereocenters. The van der Waals surface area contributed by atoms with Crippen LogP contribution < -0.4 is 0 Å². The molecule has 0 aliphatic rings. The minimum absolute atomic E-state index is 0.448. The van der Waals surface area contributed by atoms with Gasteiger partial charge in [-0.2, -0.15) is 5.26 Å². The Kier molecular flexibility index (Phi) is 8.14. The third-order valence-electron chi connectivity index (χ3n) is 12.6. The fourth-order valence-electron chi connectivity index (χ4n) is 9.68. The van der Waals surface area contributed by atoms with Gasteiger partial charge in [-0.15, -0.1) is 0 Å². The molecule has 0 radical (unpaired) electrons. The van der Waals surface area contributed by atoms with Crippen LogP contribution in [-0.2, 0) is 0 Å². The number of nitriles is 1. The standard InChI is InChI=1S/C58H34N6O/c59-35-36-26-29-50(64-48-23-10-7-20-42(48)44-28-30-51-54(55(44)64)45-22-8-11-24-49(45)63(51)41-18-5-2-6-19-41)47(32-36)58-61-56(39-17-13-16-38(33-39)37-14-3-1-4-15-37)60-57(62-58)40-27-31-53-46(34-40)43-21-9-12-25-52(43)65-53/h1-34H. The van der Waals surface area contributed by atoms with E-state index >= 15 is 0 Å². The minimum Gasteiger partial charge on any atom is -0.456 e. The maximum atomic E-state index is 10.5. The Morgan fingerprint density at radius 3 is 1.83 bits per heavy atom. The van der Waals surface area contributed by atoms with Gasteiger partial charge in [-0.25, -0.2) is 15.0 Å². The number of benzene rings is 9. The summed E-state index contributed by atoms with van der Waals surface area (Å²) in [7, 11) is 0. The van der Waals surface area contributed by atoms with Gasteiger partial charge in [-0.3, -0.25) is 0 Å². The van der Waals surface area contributed by atoms with E-state index in [1.165, 1.54) is 0 Å². The van der Waals surface area contributed by atoms with Crippen LogP contribution in [0.4, 0.5) is 0 Å². The van der Waals surface area contributed by atoms with Gasteiger partial charge in [-0.1, -0.05) is 127 Å². The molecular weight excluding hydrogens is 797 g/mol. The van der Waals surface area contributed by atoms with Gasteiger partial charge >= 0.3 is 0 Å². The van der Waals surface area contributed by atoms with Crippen LogP contribution in [0.5, 0.6) is 0 Å². The van der Waals surface area contributed by atoms with Gasteiger partial charge in [0.2, 0.25) is 0 Å².